The third-order valence-electron chi connectivity index (χ3n) is 5.83. The van der Waals surface area contributed by atoms with Crippen molar-refractivity contribution in [2.75, 3.05) is 39.4 Å². The third kappa shape index (κ3) is 6.25. The van der Waals surface area contributed by atoms with Crippen LogP contribution in [0.15, 0.2) is 18.2 Å². The number of piperazine rings is 1. The van der Waals surface area contributed by atoms with Gasteiger partial charge in [-0.3, -0.25) is 9.69 Å². The number of ether oxygens (including phenoxy) is 1. The molecule has 0 saturated carbocycles. The van der Waals surface area contributed by atoms with Gasteiger partial charge in [0.15, 0.2) is 0 Å². The Morgan fingerprint density at radius 2 is 1.79 bits per heavy atom. The van der Waals surface area contributed by atoms with Crippen molar-refractivity contribution >= 4 is 30.7 Å². The van der Waals surface area contributed by atoms with Crippen LogP contribution in [0.4, 0.5) is 8.78 Å². The lowest BCUT2D eigenvalue weighted by Gasteiger charge is -2.41. The highest BCUT2D eigenvalue weighted by Crippen LogP contribution is 2.28. The molecule has 0 aromatic heterocycles. The molecule has 5 nitrogen and oxygen atoms in total. The summed E-state index contributed by atoms with van der Waals surface area (Å²) in [7, 11) is 0. The Hall–Kier alpha value is -0.990. The van der Waals surface area contributed by atoms with E-state index in [2.05, 4.69) is 4.90 Å². The molecule has 0 radical (unpaired) electrons. The number of nitrogens with two attached hydrogens (primary N) is 1. The van der Waals surface area contributed by atoms with Crippen molar-refractivity contribution in [3.05, 3.63) is 35.4 Å². The SMILES string of the molecule is CCC(c1ccc(F)cc1F)N1CCN(C(=O)C(N)C2CCOCC2)CC1.Cl.Cl. The van der Waals surface area contributed by atoms with Gasteiger partial charge in [-0.25, -0.2) is 8.78 Å². The maximum absolute atomic E-state index is 14.2. The van der Waals surface area contributed by atoms with Gasteiger partial charge in [-0.15, -0.1) is 24.8 Å². The molecule has 2 fully saturated rings. The molecule has 2 atom stereocenters. The Bertz CT molecular complexity index is 655. The van der Waals surface area contributed by atoms with Crippen molar-refractivity contribution in [3.63, 3.8) is 0 Å². The molecule has 166 valence electrons. The summed E-state index contributed by atoms with van der Waals surface area (Å²) in [6.45, 7) is 5.79. The molecular weight excluding hydrogens is 423 g/mol. The first-order valence-electron chi connectivity index (χ1n) is 9.82. The van der Waals surface area contributed by atoms with Crippen LogP contribution in [0.1, 0.15) is 37.8 Å². The van der Waals surface area contributed by atoms with Crippen LogP contribution in [0.5, 0.6) is 0 Å². The summed E-state index contributed by atoms with van der Waals surface area (Å²) >= 11 is 0. The Morgan fingerprint density at radius 3 is 2.34 bits per heavy atom. The predicted molar refractivity (Wildman–Crippen MR) is 114 cm³/mol. The van der Waals surface area contributed by atoms with Gasteiger partial charge >= 0.3 is 0 Å². The van der Waals surface area contributed by atoms with Crippen molar-refractivity contribution in [2.24, 2.45) is 11.7 Å². The lowest BCUT2D eigenvalue weighted by atomic mass is 9.91. The summed E-state index contributed by atoms with van der Waals surface area (Å²) in [6, 6.07) is 3.17. The molecule has 29 heavy (non-hydrogen) atoms. The van der Waals surface area contributed by atoms with E-state index in [1.54, 1.807) is 0 Å². The maximum atomic E-state index is 14.2. The number of rotatable bonds is 5. The number of nitrogens with zero attached hydrogens (tertiary/aromatic N) is 2. The zero-order valence-electron chi connectivity index (χ0n) is 16.7. The molecule has 3 rings (SSSR count). The highest BCUT2D eigenvalue weighted by Gasteiger charge is 2.33. The molecule has 2 saturated heterocycles. The van der Waals surface area contributed by atoms with Crippen molar-refractivity contribution < 1.29 is 18.3 Å². The molecule has 2 aliphatic rings. The Morgan fingerprint density at radius 1 is 1.17 bits per heavy atom. The summed E-state index contributed by atoms with van der Waals surface area (Å²) in [6.07, 6.45) is 2.38. The number of carbonyl (C=O) groups excluding carboxylic acids is 1. The van der Waals surface area contributed by atoms with Gasteiger partial charge in [-0.2, -0.15) is 0 Å². The molecule has 2 N–H and O–H groups in total. The number of benzene rings is 1. The fourth-order valence-corrected chi connectivity index (χ4v) is 4.19. The first kappa shape index (κ1) is 26.0. The largest absolute Gasteiger partial charge is 0.381 e. The second kappa shape index (κ2) is 12.0. The van der Waals surface area contributed by atoms with Crippen molar-refractivity contribution in [2.45, 2.75) is 38.3 Å². The molecule has 1 amide bonds. The van der Waals surface area contributed by atoms with Gasteiger partial charge < -0.3 is 15.4 Å². The van der Waals surface area contributed by atoms with Gasteiger partial charge in [0.1, 0.15) is 11.6 Å². The standard InChI is InChI=1S/C20H29F2N3O2.2ClH/c1-2-18(16-4-3-15(21)13-17(16)22)24-7-9-25(10-8-24)20(26)19(23)14-5-11-27-12-6-14;;/h3-4,13-14,18-19H,2,5-12,23H2,1H3;2*1H. The van der Waals surface area contributed by atoms with Crippen LogP contribution in [0.3, 0.4) is 0 Å². The minimum absolute atomic E-state index is 0. The van der Waals surface area contributed by atoms with E-state index in [9.17, 15) is 13.6 Å². The Kier molecular flexibility index (Phi) is 10.8. The Balaban J connectivity index is 0.00000210. The van der Waals surface area contributed by atoms with Crippen molar-refractivity contribution in [1.29, 1.82) is 0 Å². The van der Waals surface area contributed by atoms with E-state index in [1.807, 2.05) is 11.8 Å². The Labute approximate surface area is 183 Å². The maximum Gasteiger partial charge on any atom is 0.239 e. The number of halogens is 4. The zero-order valence-corrected chi connectivity index (χ0v) is 18.3. The van der Waals surface area contributed by atoms with Gasteiger partial charge in [-0.05, 0) is 31.2 Å². The van der Waals surface area contributed by atoms with Gasteiger partial charge in [0, 0.05) is 57.1 Å². The topological polar surface area (TPSA) is 58.8 Å². The normalized spacial score (nSPS) is 20.3. The molecule has 9 heteroatoms. The van der Waals surface area contributed by atoms with E-state index in [0.29, 0.717) is 45.0 Å². The summed E-state index contributed by atoms with van der Waals surface area (Å²) in [5.41, 5.74) is 6.73. The number of amides is 1. The summed E-state index contributed by atoms with van der Waals surface area (Å²) in [5, 5.41) is 0. The van der Waals surface area contributed by atoms with E-state index in [1.165, 1.54) is 12.1 Å². The molecule has 0 bridgehead atoms. The lowest BCUT2D eigenvalue weighted by Crippen LogP contribution is -2.55. The van der Waals surface area contributed by atoms with E-state index in [0.717, 1.165) is 25.3 Å². The average molecular weight is 454 g/mol. The molecule has 2 unspecified atom stereocenters. The van der Waals surface area contributed by atoms with E-state index < -0.39 is 17.7 Å². The van der Waals surface area contributed by atoms with Crippen molar-refractivity contribution in [1.82, 2.24) is 9.80 Å². The summed E-state index contributed by atoms with van der Waals surface area (Å²) in [4.78, 5) is 16.7. The van der Waals surface area contributed by atoms with Crippen LogP contribution in [-0.2, 0) is 9.53 Å². The van der Waals surface area contributed by atoms with Crippen LogP contribution >= 0.6 is 24.8 Å². The van der Waals surface area contributed by atoms with E-state index in [-0.39, 0.29) is 42.7 Å². The van der Waals surface area contributed by atoms with Crippen molar-refractivity contribution in [3.8, 4) is 0 Å². The van der Waals surface area contributed by atoms with Crippen LogP contribution in [0.25, 0.3) is 0 Å². The number of hydrogen-bond donors (Lipinski definition) is 1. The molecule has 0 spiro atoms. The second-order valence-corrected chi connectivity index (χ2v) is 7.43. The summed E-state index contributed by atoms with van der Waals surface area (Å²) in [5.74, 6) is -0.894. The fourth-order valence-electron chi connectivity index (χ4n) is 4.19. The highest BCUT2D eigenvalue weighted by molar-refractivity contribution is 5.85. The van der Waals surface area contributed by atoms with Crippen LogP contribution in [0.2, 0.25) is 0 Å². The monoisotopic (exact) mass is 453 g/mol. The molecule has 2 heterocycles. The number of hydrogen-bond acceptors (Lipinski definition) is 4. The lowest BCUT2D eigenvalue weighted by molar-refractivity contribution is -0.136. The first-order valence-corrected chi connectivity index (χ1v) is 9.82. The third-order valence-corrected chi connectivity index (χ3v) is 5.83. The van der Waals surface area contributed by atoms with Crippen LogP contribution in [0, 0.1) is 17.6 Å². The highest BCUT2D eigenvalue weighted by atomic mass is 35.5. The molecule has 2 aliphatic heterocycles. The molecular formula is C20H31Cl2F2N3O2. The van der Waals surface area contributed by atoms with Gasteiger partial charge in [-0.1, -0.05) is 13.0 Å². The molecule has 1 aromatic rings. The van der Waals surface area contributed by atoms with E-state index in [4.69, 9.17) is 10.5 Å². The number of carbonyl (C=O) groups is 1. The molecule has 0 aliphatic carbocycles. The van der Waals surface area contributed by atoms with Crippen LogP contribution < -0.4 is 5.73 Å². The quantitative estimate of drug-likeness (QED) is 0.743. The minimum atomic E-state index is -0.566. The molecule has 1 aromatic carbocycles. The minimum Gasteiger partial charge on any atom is -0.381 e. The summed E-state index contributed by atoms with van der Waals surface area (Å²) < 4.78 is 32.8. The smallest absolute Gasteiger partial charge is 0.239 e. The van der Waals surface area contributed by atoms with E-state index >= 15 is 0 Å². The second-order valence-electron chi connectivity index (χ2n) is 7.43. The fraction of sp³-hybridized carbons (Fsp3) is 0.650. The van der Waals surface area contributed by atoms with Gasteiger partial charge in [0.05, 0.1) is 6.04 Å². The van der Waals surface area contributed by atoms with Gasteiger partial charge in [0.25, 0.3) is 0 Å². The predicted octanol–water partition coefficient (Wildman–Crippen LogP) is 3.16. The average Bonchev–Trinajstić information content (AvgIpc) is 2.70. The van der Waals surface area contributed by atoms with Crippen LogP contribution in [-0.4, -0.2) is 61.1 Å². The first-order chi connectivity index (χ1) is 13.0. The zero-order chi connectivity index (χ0) is 19.4. The van der Waals surface area contributed by atoms with Gasteiger partial charge in [0.2, 0.25) is 5.91 Å².